The van der Waals surface area contributed by atoms with Gasteiger partial charge in [-0.25, -0.2) is 0 Å². The van der Waals surface area contributed by atoms with Gasteiger partial charge >= 0.3 is 5.97 Å². The van der Waals surface area contributed by atoms with Crippen molar-refractivity contribution in [2.24, 2.45) is 11.8 Å². The van der Waals surface area contributed by atoms with Crippen LogP contribution in [0.5, 0.6) is 0 Å². The van der Waals surface area contributed by atoms with Crippen molar-refractivity contribution in [2.45, 2.75) is 18.6 Å². The largest absolute Gasteiger partial charge is 0.469 e. The number of aldehydes is 1. The van der Waals surface area contributed by atoms with Gasteiger partial charge in [-0.2, -0.15) is 0 Å². The molecule has 0 aromatic carbocycles. The number of aliphatic hydroxyl groups excluding tert-OH is 2. The third-order valence-electron chi connectivity index (χ3n) is 2.79. The minimum absolute atomic E-state index is 0.151. The number of rotatable bonds is 3. The third kappa shape index (κ3) is 2.08. The van der Waals surface area contributed by atoms with Crippen LogP contribution in [0.25, 0.3) is 0 Å². The molecule has 1 aliphatic carbocycles. The molecular formula is C10H14O5. The molecule has 0 amide bonds. The zero-order valence-corrected chi connectivity index (χ0v) is 8.42. The van der Waals surface area contributed by atoms with Gasteiger partial charge in [0.05, 0.1) is 25.2 Å². The van der Waals surface area contributed by atoms with Crippen molar-refractivity contribution >= 4 is 12.3 Å². The lowest BCUT2D eigenvalue weighted by Gasteiger charge is -2.18. The Morgan fingerprint density at radius 3 is 2.60 bits per heavy atom. The fourth-order valence-corrected chi connectivity index (χ4v) is 1.93. The van der Waals surface area contributed by atoms with Crippen LogP contribution in [0.3, 0.4) is 0 Å². The van der Waals surface area contributed by atoms with E-state index in [-0.39, 0.29) is 12.0 Å². The minimum atomic E-state index is -1.20. The molecule has 1 fully saturated rings. The summed E-state index contributed by atoms with van der Waals surface area (Å²) in [7, 11) is 1.19. The molecule has 0 aliphatic heterocycles. The molecule has 2 N–H and O–H groups in total. The molecule has 0 bridgehead atoms. The number of esters is 1. The lowest BCUT2D eigenvalue weighted by atomic mass is 9.89. The Morgan fingerprint density at radius 2 is 2.13 bits per heavy atom. The second-order valence-corrected chi connectivity index (χ2v) is 3.64. The summed E-state index contributed by atoms with van der Waals surface area (Å²) in [6.07, 6.45) is -1.53. The fraction of sp³-hybridized carbons (Fsp3) is 0.600. The van der Waals surface area contributed by atoms with Crippen molar-refractivity contribution in [1.82, 2.24) is 0 Å². The van der Waals surface area contributed by atoms with Crippen LogP contribution in [0.2, 0.25) is 0 Å². The molecule has 0 spiro atoms. The minimum Gasteiger partial charge on any atom is -0.469 e. The van der Waals surface area contributed by atoms with E-state index in [4.69, 9.17) is 0 Å². The molecule has 4 atom stereocenters. The van der Waals surface area contributed by atoms with Gasteiger partial charge in [0.1, 0.15) is 6.29 Å². The maximum atomic E-state index is 11.4. The standard InChI is InChI=1S/C10H14O5/c1-5(4-11)6-3-7(12)9(13)8(6)10(14)15-2/h4,6-9,12-13H,1,3H2,2H3/t6-,7+,8+,9-/m1/s1. The molecule has 5 nitrogen and oxygen atoms in total. The van der Waals surface area contributed by atoms with Gasteiger partial charge in [-0.15, -0.1) is 0 Å². The SMILES string of the molecule is C=C(C=O)[C@H]1C[C@H](O)[C@@H](O)[C@H]1C(=O)OC. The average Bonchev–Trinajstić information content (AvgIpc) is 2.53. The summed E-state index contributed by atoms with van der Waals surface area (Å²) in [6, 6.07) is 0. The van der Waals surface area contributed by atoms with Crippen molar-refractivity contribution in [2.75, 3.05) is 7.11 Å². The molecule has 15 heavy (non-hydrogen) atoms. The first-order chi connectivity index (χ1) is 7.02. The van der Waals surface area contributed by atoms with E-state index in [1.165, 1.54) is 7.11 Å². The van der Waals surface area contributed by atoms with Crippen molar-refractivity contribution in [3.05, 3.63) is 12.2 Å². The number of methoxy groups -OCH3 is 1. The first-order valence-electron chi connectivity index (χ1n) is 4.60. The summed E-state index contributed by atoms with van der Waals surface area (Å²) in [5.74, 6) is -2.07. The Bertz CT molecular complexity index is 286. The van der Waals surface area contributed by atoms with Crippen molar-refractivity contribution in [3.63, 3.8) is 0 Å². The normalized spacial score (nSPS) is 34.9. The monoisotopic (exact) mass is 214 g/mol. The number of carbonyl (C=O) groups excluding carboxylic acids is 2. The highest BCUT2D eigenvalue weighted by Crippen LogP contribution is 2.36. The second kappa shape index (κ2) is 4.55. The van der Waals surface area contributed by atoms with E-state index < -0.39 is 30.0 Å². The molecule has 0 aromatic heterocycles. The molecule has 0 heterocycles. The molecular weight excluding hydrogens is 200 g/mol. The molecule has 1 saturated carbocycles. The van der Waals surface area contributed by atoms with Gasteiger partial charge in [-0.3, -0.25) is 9.59 Å². The summed E-state index contributed by atoms with van der Waals surface area (Å²) in [6.45, 7) is 3.49. The summed E-state index contributed by atoms with van der Waals surface area (Å²) in [4.78, 5) is 21.9. The maximum Gasteiger partial charge on any atom is 0.312 e. The van der Waals surface area contributed by atoms with Crippen LogP contribution in [0.1, 0.15) is 6.42 Å². The number of aliphatic hydroxyl groups is 2. The van der Waals surface area contributed by atoms with Gasteiger partial charge in [0, 0.05) is 5.92 Å². The van der Waals surface area contributed by atoms with E-state index in [1.807, 2.05) is 0 Å². The van der Waals surface area contributed by atoms with E-state index >= 15 is 0 Å². The molecule has 1 rings (SSSR count). The lowest BCUT2D eigenvalue weighted by molar-refractivity contribution is -0.150. The van der Waals surface area contributed by atoms with Gasteiger partial charge in [0.15, 0.2) is 0 Å². The Kier molecular flexibility index (Phi) is 3.60. The smallest absolute Gasteiger partial charge is 0.312 e. The highest BCUT2D eigenvalue weighted by molar-refractivity contribution is 5.79. The van der Waals surface area contributed by atoms with Gasteiger partial charge < -0.3 is 14.9 Å². The zero-order chi connectivity index (χ0) is 11.6. The van der Waals surface area contributed by atoms with Crippen molar-refractivity contribution in [3.8, 4) is 0 Å². The molecule has 5 heteroatoms. The van der Waals surface area contributed by atoms with E-state index in [0.29, 0.717) is 6.29 Å². The number of hydrogen-bond donors (Lipinski definition) is 2. The maximum absolute atomic E-state index is 11.4. The Balaban J connectivity index is 2.91. The van der Waals surface area contributed by atoms with E-state index in [2.05, 4.69) is 11.3 Å². The number of carbonyl (C=O) groups is 2. The van der Waals surface area contributed by atoms with Gasteiger partial charge in [0.25, 0.3) is 0 Å². The predicted molar refractivity (Wildman–Crippen MR) is 50.8 cm³/mol. The summed E-state index contributed by atoms with van der Waals surface area (Å²) in [5.41, 5.74) is 0.195. The highest BCUT2D eigenvalue weighted by Gasteiger charge is 2.47. The van der Waals surface area contributed by atoms with E-state index in [9.17, 15) is 19.8 Å². The number of allylic oxidation sites excluding steroid dienone is 1. The van der Waals surface area contributed by atoms with Crippen molar-refractivity contribution in [1.29, 1.82) is 0 Å². The zero-order valence-electron chi connectivity index (χ0n) is 8.42. The van der Waals surface area contributed by atoms with E-state index in [1.54, 1.807) is 0 Å². The van der Waals surface area contributed by atoms with Crippen LogP contribution in [0.15, 0.2) is 12.2 Å². The van der Waals surface area contributed by atoms with Crippen LogP contribution in [0.4, 0.5) is 0 Å². The summed E-state index contributed by atoms with van der Waals surface area (Å²) >= 11 is 0. The Hall–Kier alpha value is -1.20. The van der Waals surface area contributed by atoms with Gasteiger partial charge in [-0.05, 0) is 12.0 Å². The topological polar surface area (TPSA) is 83.8 Å². The molecule has 0 unspecified atom stereocenters. The highest BCUT2D eigenvalue weighted by atomic mass is 16.5. The van der Waals surface area contributed by atoms with Crippen LogP contribution in [-0.2, 0) is 14.3 Å². The van der Waals surface area contributed by atoms with Gasteiger partial charge in [0.2, 0.25) is 0 Å². The van der Waals surface area contributed by atoms with E-state index in [0.717, 1.165) is 0 Å². The molecule has 0 radical (unpaired) electrons. The quantitative estimate of drug-likeness (QED) is 0.367. The second-order valence-electron chi connectivity index (χ2n) is 3.64. The Morgan fingerprint density at radius 1 is 1.53 bits per heavy atom. The lowest BCUT2D eigenvalue weighted by Crippen LogP contribution is -2.33. The first-order valence-corrected chi connectivity index (χ1v) is 4.60. The van der Waals surface area contributed by atoms with Crippen LogP contribution in [0, 0.1) is 11.8 Å². The number of hydrogen-bond acceptors (Lipinski definition) is 5. The molecule has 1 aliphatic rings. The molecule has 84 valence electrons. The third-order valence-corrected chi connectivity index (χ3v) is 2.79. The Labute approximate surface area is 87.4 Å². The summed E-state index contributed by atoms with van der Waals surface area (Å²) < 4.78 is 4.51. The number of ether oxygens (including phenoxy) is 1. The van der Waals surface area contributed by atoms with Crippen LogP contribution >= 0.6 is 0 Å². The van der Waals surface area contributed by atoms with Gasteiger partial charge in [-0.1, -0.05) is 6.58 Å². The van der Waals surface area contributed by atoms with Crippen LogP contribution in [-0.4, -0.2) is 41.8 Å². The fourth-order valence-electron chi connectivity index (χ4n) is 1.93. The molecule has 0 saturated heterocycles. The first kappa shape index (κ1) is 11.9. The van der Waals surface area contributed by atoms with Crippen molar-refractivity contribution < 1.29 is 24.5 Å². The average molecular weight is 214 g/mol. The summed E-state index contributed by atoms with van der Waals surface area (Å²) in [5, 5.41) is 19.0. The van der Waals surface area contributed by atoms with Crippen LogP contribution < -0.4 is 0 Å². The predicted octanol–water partition coefficient (Wildman–Crippen LogP) is -0.728. The molecule has 0 aromatic rings.